The zero-order chi connectivity index (χ0) is 24.0. The molecule has 0 spiro atoms. The van der Waals surface area contributed by atoms with Crippen LogP contribution in [0.3, 0.4) is 0 Å². The van der Waals surface area contributed by atoms with E-state index in [9.17, 15) is 18.8 Å². The lowest BCUT2D eigenvalue weighted by molar-refractivity contribution is -0.116. The molecule has 170 valence electrons. The molecule has 0 aliphatic heterocycles. The molecular formula is C25H25FN4O3. The summed E-state index contributed by atoms with van der Waals surface area (Å²) in [6.07, 6.45) is 0. The maximum Gasteiger partial charge on any atom is 0.336 e. The van der Waals surface area contributed by atoms with Gasteiger partial charge in [0.25, 0.3) is 5.56 Å². The Labute approximate surface area is 189 Å². The van der Waals surface area contributed by atoms with E-state index in [1.54, 1.807) is 17.7 Å². The molecular weight excluding hydrogens is 423 g/mol. The summed E-state index contributed by atoms with van der Waals surface area (Å²) in [4.78, 5) is 39.7. The van der Waals surface area contributed by atoms with E-state index in [-0.39, 0.29) is 23.7 Å². The summed E-state index contributed by atoms with van der Waals surface area (Å²) in [7, 11) is 1.72. The summed E-state index contributed by atoms with van der Waals surface area (Å²) in [5.41, 5.74) is 4.08. The van der Waals surface area contributed by atoms with E-state index in [4.69, 9.17) is 0 Å². The predicted molar refractivity (Wildman–Crippen MR) is 127 cm³/mol. The highest BCUT2D eigenvalue weighted by Gasteiger charge is 2.20. The second-order valence-corrected chi connectivity index (χ2v) is 8.39. The SMILES string of the molecule is Cc1cc(C)c(NC(=O)Cn2c(=O)n(-c3ccc(F)cc3)c(=O)c3c2cc(C)n3C)c(C)c1. The standard InChI is InChI=1S/C25H25FN4O3/c1-14-10-15(2)22(16(3)11-14)27-21(31)13-29-20-12-17(4)28(5)23(20)24(32)30(25(29)33)19-8-6-18(26)7-9-19/h6-12H,13H2,1-5H3,(H,27,31). The molecule has 4 rings (SSSR count). The maximum absolute atomic E-state index is 13.4. The number of hydrogen-bond acceptors (Lipinski definition) is 3. The smallest absolute Gasteiger partial charge is 0.336 e. The van der Waals surface area contributed by atoms with Gasteiger partial charge in [-0.25, -0.2) is 13.8 Å². The Hall–Kier alpha value is -3.94. The van der Waals surface area contributed by atoms with Gasteiger partial charge in [-0.2, -0.15) is 0 Å². The lowest BCUT2D eigenvalue weighted by Gasteiger charge is -2.15. The fraction of sp³-hybridized carbons (Fsp3) is 0.240. The molecule has 0 fully saturated rings. The molecule has 0 aliphatic carbocycles. The first-order valence-electron chi connectivity index (χ1n) is 10.5. The summed E-state index contributed by atoms with van der Waals surface area (Å²) in [5.74, 6) is -0.870. The van der Waals surface area contributed by atoms with Crippen molar-refractivity contribution in [3.05, 3.63) is 91.5 Å². The zero-order valence-electron chi connectivity index (χ0n) is 19.2. The number of fused-ring (bicyclic) bond motifs is 1. The average Bonchev–Trinajstić information content (AvgIpc) is 3.04. The third kappa shape index (κ3) is 3.88. The van der Waals surface area contributed by atoms with Crippen LogP contribution in [0.25, 0.3) is 16.7 Å². The number of carbonyl (C=O) groups excluding carboxylic acids is 1. The lowest BCUT2D eigenvalue weighted by atomic mass is 10.1. The number of amides is 1. The van der Waals surface area contributed by atoms with E-state index in [0.29, 0.717) is 11.2 Å². The van der Waals surface area contributed by atoms with Gasteiger partial charge >= 0.3 is 5.69 Å². The number of aromatic nitrogens is 3. The van der Waals surface area contributed by atoms with Crippen LogP contribution in [0.15, 0.2) is 52.1 Å². The first-order chi connectivity index (χ1) is 15.6. The highest BCUT2D eigenvalue weighted by molar-refractivity contribution is 5.93. The van der Waals surface area contributed by atoms with Crippen LogP contribution >= 0.6 is 0 Å². The molecule has 2 heterocycles. The summed E-state index contributed by atoms with van der Waals surface area (Å²) in [6, 6.07) is 10.8. The first kappa shape index (κ1) is 22.3. The molecule has 4 aromatic rings. The van der Waals surface area contributed by atoms with Crippen molar-refractivity contribution in [2.75, 3.05) is 5.32 Å². The van der Waals surface area contributed by atoms with E-state index in [1.807, 2.05) is 39.8 Å². The van der Waals surface area contributed by atoms with Crippen molar-refractivity contribution in [2.24, 2.45) is 7.05 Å². The van der Waals surface area contributed by atoms with Crippen molar-refractivity contribution < 1.29 is 9.18 Å². The van der Waals surface area contributed by atoms with Gasteiger partial charge in [0.1, 0.15) is 17.9 Å². The maximum atomic E-state index is 13.4. The molecule has 7 nitrogen and oxygen atoms in total. The Bertz CT molecular complexity index is 1500. The first-order valence-corrected chi connectivity index (χ1v) is 10.5. The van der Waals surface area contributed by atoms with Crippen molar-refractivity contribution in [3.63, 3.8) is 0 Å². The Morgan fingerprint density at radius 2 is 1.58 bits per heavy atom. The van der Waals surface area contributed by atoms with Gasteiger partial charge < -0.3 is 9.88 Å². The van der Waals surface area contributed by atoms with Gasteiger partial charge in [-0.15, -0.1) is 0 Å². The minimum absolute atomic E-state index is 0.228. The molecule has 0 bridgehead atoms. The predicted octanol–water partition coefficient (Wildman–Crippen LogP) is 3.50. The van der Waals surface area contributed by atoms with E-state index >= 15 is 0 Å². The fourth-order valence-corrected chi connectivity index (χ4v) is 4.26. The Kier molecular flexibility index (Phi) is 5.53. The summed E-state index contributed by atoms with van der Waals surface area (Å²) in [5, 5.41) is 2.91. The van der Waals surface area contributed by atoms with Crippen LogP contribution in [0.5, 0.6) is 0 Å². The Balaban J connectivity index is 1.86. The quantitative estimate of drug-likeness (QED) is 0.519. The average molecular weight is 448 g/mol. The van der Waals surface area contributed by atoms with E-state index < -0.39 is 17.1 Å². The van der Waals surface area contributed by atoms with Crippen LogP contribution < -0.4 is 16.6 Å². The molecule has 0 atom stereocenters. The summed E-state index contributed by atoms with van der Waals surface area (Å²) in [6.45, 7) is 7.34. The molecule has 33 heavy (non-hydrogen) atoms. The van der Waals surface area contributed by atoms with Crippen LogP contribution in [0.4, 0.5) is 10.1 Å². The number of nitrogens with zero attached hydrogens (tertiary/aromatic N) is 3. The minimum atomic E-state index is -0.669. The highest BCUT2D eigenvalue weighted by atomic mass is 19.1. The van der Waals surface area contributed by atoms with Crippen LogP contribution in [0.1, 0.15) is 22.4 Å². The lowest BCUT2D eigenvalue weighted by Crippen LogP contribution is -2.41. The van der Waals surface area contributed by atoms with Gasteiger partial charge in [-0.05, 0) is 69.2 Å². The van der Waals surface area contributed by atoms with Crippen molar-refractivity contribution >= 4 is 22.6 Å². The van der Waals surface area contributed by atoms with Crippen LogP contribution in [0, 0.1) is 33.5 Å². The molecule has 0 radical (unpaired) electrons. The Morgan fingerprint density at radius 1 is 0.970 bits per heavy atom. The van der Waals surface area contributed by atoms with Crippen LogP contribution in [-0.2, 0) is 18.4 Å². The van der Waals surface area contributed by atoms with Gasteiger partial charge in [-0.3, -0.25) is 14.2 Å². The molecule has 1 amide bonds. The highest BCUT2D eigenvalue weighted by Crippen LogP contribution is 2.22. The normalized spacial score (nSPS) is 11.2. The van der Waals surface area contributed by atoms with Gasteiger partial charge in [-0.1, -0.05) is 17.7 Å². The molecule has 8 heteroatoms. The van der Waals surface area contributed by atoms with Crippen molar-refractivity contribution in [3.8, 4) is 5.69 Å². The van der Waals surface area contributed by atoms with Gasteiger partial charge in [0.2, 0.25) is 5.91 Å². The van der Waals surface area contributed by atoms with Crippen LogP contribution in [-0.4, -0.2) is 19.6 Å². The number of aryl methyl sites for hydroxylation is 5. The molecule has 0 unspecified atom stereocenters. The van der Waals surface area contributed by atoms with Crippen molar-refractivity contribution in [1.29, 1.82) is 0 Å². The van der Waals surface area contributed by atoms with Crippen LogP contribution in [0.2, 0.25) is 0 Å². The molecule has 2 aromatic heterocycles. The van der Waals surface area contributed by atoms with E-state index in [1.165, 1.54) is 28.8 Å². The van der Waals surface area contributed by atoms with Crippen molar-refractivity contribution in [2.45, 2.75) is 34.2 Å². The molecule has 0 saturated heterocycles. The second-order valence-electron chi connectivity index (χ2n) is 8.39. The molecule has 0 saturated carbocycles. The third-order valence-electron chi connectivity index (χ3n) is 5.90. The number of carbonyl (C=O) groups is 1. The number of rotatable bonds is 4. The van der Waals surface area contributed by atoms with Gasteiger partial charge in [0, 0.05) is 18.4 Å². The monoisotopic (exact) mass is 448 g/mol. The second kappa shape index (κ2) is 8.20. The minimum Gasteiger partial charge on any atom is -0.342 e. The van der Waals surface area contributed by atoms with E-state index in [0.717, 1.165) is 27.0 Å². The summed E-state index contributed by atoms with van der Waals surface area (Å²) >= 11 is 0. The molecule has 2 aromatic carbocycles. The number of benzene rings is 2. The van der Waals surface area contributed by atoms with E-state index in [2.05, 4.69) is 5.32 Å². The topological polar surface area (TPSA) is 78.0 Å². The number of halogens is 1. The number of anilines is 1. The molecule has 0 aliphatic rings. The number of hydrogen-bond donors (Lipinski definition) is 1. The summed E-state index contributed by atoms with van der Waals surface area (Å²) < 4.78 is 17.4. The number of nitrogens with one attached hydrogen (secondary N) is 1. The Morgan fingerprint density at radius 3 is 2.18 bits per heavy atom. The zero-order valence-corrected chi connectivity index (χ0v) is 19.2. The third-order valence-corrected chi connectivity index (χ3v) is 5.90. The van der Waals surface area contributed by atoms with Gasteiger partial charge in [0.05, 0.1) is 11.2 Å². The van der Waals surface area contributed by atoms with Gasteiger partial charge in [0.15, 0.2) is 0 Å². The largest absolute Gasteiger partial charge is 0.342 e. The van der Waals surface area contributed by atoms with Crippen molar-refractivity contribution in [1.82, 2.24) is 13.7 Å². The molecule has 1 N–H and O–H groups in total. The fourth-order valence-electron chi connectivity index (χ4n) is 4.26.